The van der Waals surface area contributed by atoms with Gasteiger partial charge in [-0.15, -0.1) is 0 Å². The largest absolute Gasteiger partial charge is 0.195 e. The highest BCUT2D eigenvalue weighted by Gasteiger charge is 2.44. The van der Waals surface area contributed by atoms with E-state index >= 15 is 0 Å². The lowest BCUT2D eigenvalue weighted by Gasteiger charge is -2.44. The average molecular weight is 675 g/mol. The molecule has 46 heavy (non-hydrogen) atoms. The first-order valence-corrected chi connectivity index (χ1v) is 18.9. The fourth-order valence-corrected chi connectivity index (χ4v) is 12.8. The number of hydrogen-bond acceptors (Lipinski definition) is 0. The maximum Gasteiger partial charge on any atom is 0.127 e. The zero-order chi connectivity index (χ0) is 31.5. The first-order chi connectivity index (χ1) is 22.8. The van der Waals surface area contributed by atoms with Crippen LogP contribution in [0.3, 0.4) is 0 Å². The van der Waals surface area contributed by atoms with Crippen LogP contribution in [-0.4, -0.2) is 11.2 Å². The van der Waals surface area contributed by atoms with Crippen molar-refractivity contribution in [3.8, 4) is 0 Å². The maximum atomic E-state index is 3.83. The standard InChI is InChI=1S/C24H20B.C19H17BrP/c1-5-13-21(14-6-1)25(22-15-7-2-8-16-22,23-17-9-3-10-18-23)24-19-11-4-12-20-24;20-16-21(17-10-4-1-5-11-17,18-12-6-2-7-13-18)19-14-8-3-9-15-19/h1-20H;1-15H,16H2/q-1;+1. The molecule has 0 bridgehead atoms. The highest BCUT2D eigenvalue weighted by Crippen LogP contribution is 2.56. The molecule has 0 atom stereocenters. The quantitative estimate of drug-likeness (QED) is 0.0896. The topological polar surface area (TPSA) is 0 Å². The van der Waals surface area contributed by atoms with Gasteiger partial charge in [0.2, 0.25) is 0 Å². The monoisotopic (exact) mass is 674 g/mol. The summed E-state index contributed by atoms with van der Waals surface area (Å²) in [6.45, 7) is 0. The van der Waals surface area contributed by atoms with Crippen LogP contribution in [0.4, 0.5) is 0 Å². The van der Waals surface area contributed by atoms with Crippen LogP contribution in [0.25, 0.3) is 0 Å². The predicted octanol–water partition coefficient (Wildman–Crippen LogP) is 7.40. The van der Waals surface area contributed by atoms with E-state index in [2.05, 4.69) is 228 Å². The van der Waals surface area contributed by atoms with Gasteiger partial charge in [-0.1, -0.05) is 176 Å². The molecule has 0 aliphatic carbocycles. The number of halogens is 1. The zero-order valence-electron chi connectivity index (χ0n) is 25.8. The van der Waals surface area contributed by atoms with Crippen LogP contribution in [0.2, 0.25) is 0 Å². The fourth-order valence-electron chi connectivity index (χ4n) is 6.82. The minimum atomic E-state index is -1.62. The number of benzene rings is 7. The van der Waals surface area contributed by atoms with Crippen LogP contribution in [0.15, 0.2) is 212 Å². The Bertz CT molecular complexity index is 1630. The maximum absolute atomic E-state index is 3.83. The molecule has 224 valence electrons. The van der Waals surface area contributed by atoms with Crippen molar-refractivity contribution in [2.75, 3.05) is 5.07 Å². The minimum absolute atomic E-state index is 0.956. The van der Waals surface area contributed by atoms with E-state index in [1.165, 1.54) is 37.8 Å². The second kappa shape index (κ2) is 15.2. The van der Waals surface area contributed by atoms with Gasteiger partial charge >= 0.3 is 0 Å². The molecule has 0 spiro atoms. The van der Waals surface area contributed by atoms with Crippen LogP contribution in [0.5, 0.6) is 0 Å². The molecule has 0 saturated heterocycles. The van der Waals surface area contributed by atoms with Crippen molar-refractivity contribution < 1.29 is 0 Å². The molecule has 3 heteroatoms. The molecular weight excluding hydrogens is 638 g/mol. The summed E-state index contributed by atoms with van der Waals surface area (Å²) >= 11 is 3.83. The van der Waals surface area contributed by atoms with Gasteiger partial charge in [0.15, 0.2) is 0 Å². The Morgan fingerprint density at radius 2 is 0.500 bits per heavy atom. The lowest BCUT2D eigenvalue weighted by atomic mass is 9.13. The molecular formula is C43H37BBrP. The molecule has 7 aromatic rings. The van der Waals surface area contributed by atoms with Crippen molar-refractivity contribution in [1.82, 2.24) is 0 Å². The van der Waals surface area contributed by atoms with Gasteiger partial charge < -0.3 is 0 Å². The van der Waals surface area contributed by atoms with Crippen molar-refractivity contribution >= 4 is 67.1 Å². The van der Waals surface area contributed by atoms with E-state index in [9.17, 15) is 0 Å². The fraction of sp³-hybridized carbons (Fsp3) is 0.0233. The summed E-state index contributed by atoms with van der Waals surface area (Å²) in [6, 6.07) is 76.2. The third-order valence-corrected chi connectivity index (χ3v) is 15.1. The third-order valence-electron chi connectivity index (χ3n) is 8.97. The summed E-state index contributed by atoms with van der Waals surface area (Å²) in [7, 11) is -1.62. The van der Waals surface area contributed by atoms with E-state index in [0.717, 1.165) is 5.07 Å². The van der Waals surface area contributed by atoms with Gasteiger partial charge in [-0.3, -0.25) is 0 Å². The van der Waals surface area contributed by atoms with E-state index in [0.29, 0.717) is 0 Å². The summed E-state index contributed by atoms with van der Waals surface area (Å²) in [5, 5.41) is 5.20. The van der Waals surface area contributed by atoms with Crippen LogP contribution < -0.4 is 37.8 Å². The van der Waals surface area contributed by atoms with Gasteiger partial charge in [0.25, 0.3) is 0 Å². The summed E-state index contributed by atoms with van der Waals surface area (Å²) < 4.78 is 0. The Kier molecular flexibility index (Phi) is 10.4. The van der Waals surface area contributed by atoms with Crippen molar-refractivity contribution in [1.29, 1.82) is 0 Å². The highest BCUT2D eigenvalue weighted by atomic mass is 79.9. The molecule has 0 nitrogen and oxygen atoms in total. The van der Waals surface area contributed by atoms with E-state index < -0.39 is 13.4 Å². The van der Waals surface area contributed by atoms with Gasteiger partial charge in [-0.2, -0.15) is 21.9 Å². The molecule has 7 rings (SSSR count). The molecule has 0 aromatic heterocycles. The van der Waals surface area contributed by atoms with Crippen molar-refractivity contribution in [3.05, 3.63) is 212 Å². The molecule has 7 aromatic carbocycles. The summed E-state index contributed by atoms with van der Waals surface area (Å²) in [4.78, 5) is 0. The Morgan fingerprint density at radius 1 is 0.304 bits per heavy atom. The molecule has 0 saturated carbocycles. The first kappa shape index (κ1) is 31.5. The van der Waals surface area contributed by atoms with Crippen LogP contribution in [0.1, 0.15) is 0 Å². The van der Waals surface area contributed by atoms with E-state index in [1.807, 2.05) is 0 Å². The normalized spacial score (nSPS) is 11.2. The average Bonchev–Trinajstić information content (AvgIpc) is 3.16. The van der Waals surface area contributed by atoms with Gasteiger partial charge in [-0.05, 0) is 52.3 Å². The number of alkyl halides is 1. The van der Waals surface area contributed by atoms with Gasteiger partial charge in [0.05, 0.1) is 0 Å². The van der Waals surface area contributed by atoms with Crippen LogP contribution in [0, 0.1) is 0 Å². The summed E-state index contributed by atoms with van der Waals surface area (Å²) in [5.41, 5.74) is 5.36. The second-order valence-electron chi connectivity index (χ2n) is 11.4. The molecule has 0 radical (unpaired) electrons. The van der Waals surface area contributed by atoms with Crippen LogP contribution >= 0.6 is 23.2 Å². The van der Waals surface area contributed by atoms with Crippen molar-refractivity contribution in [2.45, 2.75) is 0 Å². The van der Waals surface area contributed by atoms with E-state index in [-0.39, 0.29) is 0 Å². The molecule has 0 aliphatic heterocycles. The summed E-state index contributed by atoms with van der Waals surface area (Å²) in [6.07, 6.45) is -1.22. The third kappa shape index (κ3) is 6.29. The minimum Gasteiger partial charge on any atom is -0.195 e. The molecule has 0 heterocycles. The zero-order valence-corrected chi connectivity index (χ0v) is 28.3. The molecule has 0 aliphatic rings. The van der Waals surface area contributed by atoms with Crippen molar-refractivity contribution in [3.63, 3.8) is 0 Å². The number of rotatable bonds is 8. The van der Waals surface area contributed by atoms with Gasteiger partial charge in [0.1, 0.15) is 34.4 Å². The van der Waals surface area contributed by atoms with Gasteiger partial charge in [-0.25, -0.2) is 0 Å². The lowest BCUT2D eigenvalue weighted by molar-refractivity contribution is 1.66. The second-order valence-corrected chi connectivity index (χ2v) is 16.4. The Balaban J connectivity index is 0.000000164. The van der Waals surface area contributed by atoms with E-state index in [1.54, 1.807) is 0 Å². The molecule has 0 N–H and O–H groups in total. The Labute approximate surface area is 283 Å². The van der Waals surface area contributed by atoms with Gasteiger partial charge in [0, 0.05) is 0 Å². The lowest BCUT2D eigenvalue weighted by Crippen LogP contribution is -2.74. The van der Waals surface area contributed by atoms with Crippen molar-refractivity contribution in [2.24, 2.45) is 0 Å². The van der Waals surface area contributed by atoms with Crippen LogP contribution in [-0.2, 0) is 0 Å². The highest BCUT2D eigenvalue weighted by molar-refractivity contribution is 9.10. The molecule has 0 amide bonds. The smallest absolute Gasteiger partial charge is 0.127 e. The van der Waals surface area contributed by atoms with E-state index in [4.69, 9.17) is 0 Å². The molecule has 0 fully saturated rings. The first-order valence-electron chi connectivity index (χ1n) is 15.8. The Hall–Kier alpha value is -4.49. The summed E-state index contributed by atoms with van der Waals surface area (Å²) in [5.74, 6) is 0. The Morgan fingerprint density at radius 3 is 0.696 bits per heavy atom. The molecule has 0 unspecified atom stereocenters. The SMILES string of the molecule is BrC[P+](c1ccccc1)(c1ccccc1)c1ccccc1.c1ccc([B-](c2ccccc2)(c2ccccc2)c2ccccc2)cc1. The predicted molar refractivity (Wildman–Crippen MR) is 209 cm³/mol. The number of hydrogen-bond donors (Lipinski definition) is 0.